The van der Waals surface area contributed by atoms with Crippen molar-refractivity contribution in [1.29, 1.82) is 0 Å². The lowest BCUT2D eigenvalue weighted by molar-refractivity contribution is -0.138. The van der Waals surface area contributed by atoms with Gasteiger partial charge in [0.15, 0.2) is 17.1 Å². The predicted molar refractivity (Wildman–Crippen MR) is 136 cm³/mol. The summed E-state index contributed by atoms with van der Waals surface area (Å²) in [6.07, 6.45) is 0. The van der Waals surface area contributed by atoms with Crippen LogP contribution in [0.25, 0.3) is 0 Å². The van der Waals surface area contributed by atoms with Gasteiger partial charge in [-0.05, 0) is 18.2 Å². The van der Waals surface area contributed by atoms with Crippen LogP contribution >= 0.6 is 23.2 Å². The molecule has 190 valence electrons. The molecule has 3 aromatic rings. The first-order valence-corrected chi connectivity index (χ1v) is 12.4. The van der Waals surface area contributed by atoms with E-state index >= 15 is 0 Å². The molecule has 0 aliphatic carbocycles. The maximum atomic E-state index is 13.0. The van der Waals surface area contributed by atoms with Crippen molar-refractivity contribution in [2.45, 2.75) is 33.3 Å². The Hall–Kier alpha value is -3.55. The highest BCUT2D eigenvalue weighted by Crippen LogP contribution is 2.58. The summed E-state index contributed by atoms with van der Waals surface area (Å²) in [6.45, 7) is 6.81. The number of hydrogen-bond donors (Lipinski definition) is 0. The van der Waals surface area contributed by atoms with Crippen LogP contribution in [0.1, 0.15) is 54.7 Å². The lowest BCUT2D eigenvalue weighted by Crippen LogP contribution is -2.33. The van der Waals surface area contributed by atoms with Gasteiger partial charge in [0.1, 0.15) is 11.5 Å². The van der Waals surface area contributed by atoms with E-state index in [9.17, 15) is 14.4 Å². The fourth-order valence-electron chi connectivity index (χ4n) is 4.28. The van der Waals surface area contributed by atoms with Crippen LogP contribution < -0.4 is 14.2 Å². The fraction of sp³-hybridized carbons (Fsp3) is 0.250. The molecule has 0 radical (unpaired) electrons. The predicted octanol–water partition coefficient (Wildman–Crippen LogP) is 6.68. The van der Waals surface area contributed by atoms with Crippen molar-refractivity contribution in [2.24, 2.45) is 11.8 Å². The largest absolute Gasteiger partial charge is 0.456 e. The smallest absolute Gasteiger partial charge is 0.340 e. The Labute approximate surface area is 223 Å². The molecule has 2 aliphatic heterocycles. The molecule has 1 spiro atoms. The van der Waals surface area contributed by atoms with Crippen molar-refractivity contribution in [3.8, 4) is 23.0 Å². The van der Waals surface area contributed by atoms with E-state index in [1.54, 1.807) is 64.1 Å². The van der Waals surface area contributed by atoms with Gasteiger partial charge in [0, 0.05) is 28.8 Å². The molecule has 0 bridgehead atoms. The molecular weight excluding hydrogens is 519 g/mol. The molecule has 0 aromatic heterocycles. The second kappa shape index (κ2) is 9.08. The van der Waals surface area contributed by atoms with Crippen LogP contribution in [-0.2, 0) is 19.9 Å². The van der Waals surface area contributed by atoms with Gasteiger partial charge in [-0.1, -0.05) is 69.1 Å². The topological polar surface area (TPSA) is 88.1 Å². The first-order valence-electron chi connectivity index (χ1n) is 11.6. The summed E-state index contributed by atoms with van der Waals surface area (Å²) in [4.78, 5) is 37.6. The van der Waals surface area contributed by atoms with Gasteiger partial charge in [0.05, 0.1) is 27.4 Å². The highest BCUT2D eigenvalue weighted by molar-refractivity contribution is 6.33. The summed E-state index contributed by atoms with van der Waals surface area (Å²) >= 11 is 13.1. The number of benzene rings is 3. The van der Waals surface area contributed by atoms with Gasteiger partial charge >= 0.3 is 17.9 Å². The van der Waals surface area contributed by atoms with Crippen molar-refractivity contribution < 1.29 is 33.3 Å². The third kappa shape index (κ3) is 4.03. The first kappa shape index (κ1) is 25.1. The van der Waals surface area contributed by atoms with Crippen molar-refractivity contribution in [3.05, 3.63) is 80.8 Å². The molecule has 0 amide bonds. The van der Waals surface area contributed by atoms with Crippen LogP contribution in [0.2, 0.25) is 10.0 Å². The van der Waals surface area contributed by atoms with Gasteiger partial charge in [0.2, 0.25) is 0 Å². The molecule has 2 aliphatic rings. The Balaban J connectivity index is 1.74. The van der Waals surface area contributed by atoms with Gasteiger partial charge in [-0.2, -0.15) is 0 Å². The second-order valence-electron chi connectivity index (χ2n) is 9.43. The number of fused-ring (bicyclic) bond motifs is 6. The summed E-state index contributed by atoms with van der Waals surface area (Å²) in [7, 11) is 0. The standard InChI is InChI=1S/C28H22Cl2O7/c1-13(2)25(31)35-23-11-21-17(9-19(23)29)28(16-8-6-5-7-15(16)27(33)37-28)18-10-20(30)24(12-22(18)34-21)36-26(32)14(3)4/h5-14H,1-4H3. The lowest BCUT2D eigenvalue weighted by atomic mass is 9.77. The van der Waals surface area contributed by atoms with Gasteiger partial charge in [0.25, 0.3) is 0 Å². The van der Waals surface area contributed by atoms with Crippen LogP contribution in [-0.4, -0.2) is 17.9 Å². The number of carbonyl (C=O) groups excluding carboxylic acids is 3. The van der Waals surface area contributed by atoms with Gasteiger partial charge in [-0.25, -0.2) is 4.79 Å². The number of carbonyl (C=O) groups is 3. The number of halogens is 2. The Kier molecular flexibility index (Phi) is 6.16. The summed E-state index contributed by atoms with van der Waals surface area (Å²) in [5.41, 5.74) is 0.340. The van der Waals surface area contributed by atoms with E-state index in [1.807, 2.05) is 0 Å². The van der Waals surface area contributed by atoms with Crippen LogP contribution in [0.15, 0.2) is 48.5 Å². The highest BCUT2D eigenvalue weighted by Gasteiger charge is 2.54. The Bertz CT molecular complexity index is 1400. The number of esters is 3. The normalized spacial score (nSPS) is 14.5. The van der Waals surface area contributed by atoms with Crippen LogP contribution in [0.5, 0.6) is 23.0 Å². The SMILES string of the molecule is CC(C)C(=O)Oc1cc2c(cc1Cl)C1(OC(=O)c3ccccc31)c1cc(Cl)c(OC(=O)C(C)C)cc1O2. The molecule has 5 rings (SSSR count). The minimum absolute atomic E-state index is 0.0933. The third-order valence-electron chi connectivity index (χ3n) is 6.18. The quantitative estimate of drug-likeness (QED) is 0.269. The van der Waals surface area contributed by atoms with Gasteiger partial charge < -0.3 is 18.9 Å². The maximum Gasteiger partial charge on any atom is 0.340 e. The molecule has 0 saturated carbocycles. The van der Waals surface area contributed by atoms with Crippen molar-refractivity contribution >= 4 is 41.1 Å². The van der Waals surface area contributed by atoms with Gasteiger partial charge in [-0.3, -0.25) is 9.59 Å². The average molecular weight is 541 g/mol. The summed E-state index contributed by atoms with van der Waals surface area (Å²) in [5.74, 6) is -1.57. The summed E-state index contributed by atoms with van der Waals surface area (Å²) in [5, 5.41) is 0.265. The minimum atomic E-state index is -1.45. The first-order chi connectivity index (χ1) is 17.5. The highest BCUT2D eigenvalue weighted by atomic mass is 35.5. The van der Waals surface area contributed by atoms with Crippen LogP contribution in [0.4, 0.5) is 0 Å². The molecule has 0 saturated heterocycles. The maximum absolute atomic E-state index is 13.0. The summed E-state index contributed by atoms with van der Waals surface area (Å²) in [6, 6.07) is 13.0. The van der Waals surface area contributed by atoms with E-state index < -0.39 is 23.5 Å². The molecule has 37 heavy (non-hydrogen) atoms. The molecule has 0 N–H and O–H groups in total. The van der Waals surface area contributed by atoms with E-state index in [1.165, 1.54) is 12.1 Å². The molecule has 9 heteroatoms. The zero-order valence-electron chi connectivity index (χ0n) is 20.4. The Morgan fingerprint density at radius 1 is 0.784 bits per heavy atom. The van der Waals surface area contributed by atoms with E-state index in [0.29, 0.717) is 22.3 Å². The zero-order valence-corrected chi connectivity index (χ0v) is 21.9. The fourth-order valence-corrected chi connectivity index (χ4v) is 4.68. The summed E-state index contributed by atoms with van der Waals surface area (Å²) < 4.78 is 23.2. The monoisotopic (exact) mass is 540 g/mol. The zero-order chi connectivity index (χ0) is 26.6. The Morgan fingerprint density at radius 3 is 1.76 bits per heavy atom. The minimum Gasteiger partial charge on any atom is -0.456 e. The van der Waals surface area contributed by atoms with Crippen molar-refractivity contribution in [1.82, 2.24) is 0 Å². The molecule has 2 heterocycles. The van der Waals surface area contributed by atoms with Crippen LogP contribution in [0, 0.1) is 11.8 Å². The van der Waals surface area contributed by atoms with Crippen molar-refractivity contribution in [2.75, 3.05) is 0 Å². The molecule has 7 nitrogen and oxygen atoms in total. The molecule has 0 atom stereocenters. The molecule has 0 fully saturated rings. The number of rotatable bonds is 4. The molecule has 0 unspecified atom stereocenters. The van der Waals surface area contributed by atoms with E-state index in [0.717, 1.165) is 0 Å². The second-order valence-corrected chi connectivity index (χ2v) is 10.2. The average Bonchev–Trinajstić information content (AvgIpc) is 3.14. The number of ether oxygens (including phenoxy) is 4. The van der Waals surface area contributed by atoms with Crippen LogP contribution in [0.3, 0.4) is 0 Å². The third-order valence-corrected chi connectivity index (χ3v) is 6.77. The van der Waals surface area contributed by atoms with E-state index in [-0.39, 0.29) is 44.9 Å². The van der Waals surface area contributed by atoms with Crippen molar-refractivity contribution in [3.63, 3.8) is 0 Å². The molecule has 3 aromatic carbocycles. The Morgan fingerprint density at radius 2 is 1.27 bits per heavy atom. The lowest BCUT2D eigenvalue weighted by Gasteiger charge is -2.37. The van der Waals surface area contributed by atoms with E-state index in [4.69, 9.17) is 42.1 Å². The molecular formula is C28H22Cl2O7. The van der Waals surface area contributed by atoms with Gasteiger partial charge in [-0.15, -0.1) is 0 Å². The number of hydrogen-bond acceptors (Lipinski definition) is 7. The van der Waals surface area contributed by atoms with E-state index in [2.05, 4.69) is 0 Å².